The van der Waals surface area contributed by atoms with Gasteiger partial charge in [-0.15, -0.1) is 0 Å². The zero-order valence-corrected chi connectivity index (χ0v) is 9.11. The van der Waals surface area contributed by atoms with Crippen molar-refractivity contribution in [1.82, 2.24) is 9.97 Å². The first kappa shape index (κ1) is 9.70. The van der Waals surface area contributed by atoms with E-state index in [1.54, 1.807) is 6.20 Å². The van der Waals surface area contributed by atoms with Crippen LogP contribution < -0.4 is 4.74 Å². The molecule has 12 heavy (non-hydrogen) atoms. The molecule has 1 heterocycles. The minimum atomic E-state index is 0.694. The second-order valence-corrected chi connectivity index (χ2v) is 3.54. The van der Waals surface area contributed by atoms with Crippen molar-refractivity contribution in [3.63, 3.8) is 0 Å². The average molecular weight is 278 g/mol. The van der Waals surface area contributed by atoms with Crippen molar-refractivity contribution in [3.8, 4) is 5.88 Å². The number of hydrogen-bond acceptors (Lipinski definition) is 3. The first-order valence-corrected chi connectivity index (χ1v) is 5.00. The zero-order chi connectivity index (χ0) is 8.81. The Bertz CT molecular complexity index is 242. The summed E-state index contributed by atoms with van der Waals surface area (Å²) in [4.78, 5) is 7.88. The van der Waals surface area contributed by atoms with E-state index in [0.29, 0.717) is 5.88 Å². The molecule has 0 atom stereocenters. The van der Waals surface area contributed by atoms with Crippen LogP contribution in [0, 0.1) is 3.57 Å². The van der Waals surface area contributed by atoms with Gasteiger partial charge in [0.25, 0.3) is 0 Å². The molecule has 0 radical (unpaired) electrons. The summed E-state index contributed by atoms with van der Waals surface area (Å²) in [6.07, 6.45) is 5.46. The van der Waals surface area contributed by atoms with Crippen LogP contribution in [-0.4, -0.2) is 16.6 Å². The summed E-state index contributed by atoms with van der Waals surface area (Å²) in [5.74, 6) is 0.694. The lowest BCUT2D eigenvalue weighted by atomic mass is 10.4. The van der Waals surface area contributed by atoms with Gasteiger partial charge in [0.05, 0.1) is 10.2 Å². The predicted octanol–water partition coefficient (Wildman–Crippen LogP) is 2.26. The van der Waals surface area contributed by atoms with Gasteiger partial charge in [-0.3, -0.25) is 0 Å². The molecule has 3 nitrogen and oxygen atoms in total. The molecule has 1 aromatic rings. The maximum Gasteiger partial charge on any atom is 0.230 e. The maximum absolute atomic E-state index is 5.42. The molecular weight excluding hydrogens is 267 g/mol. The Kier molecular flexibility index (Phi) is 4.27. The second-order valence-electron chi connectivity index (χ2n) is 2.38. The summed E-state index contributed by atoms with van der Waals surface area (Å²) in [5, 5.41) is 0. The van der Waals surface area contributed by atoms with E-state index in [0.717, 1.165) is 23.0 Å². The molecule has 0 aliphatic heterocycles. The van der Waals surface area contributed by atoms with Crippen LogP contribution in [0.3, 0.4) is 0 Å². The number of rotatable bonds is 4. The van der Waals surface area contributed by atoms with Crippen LogP contribution >= 0.6 is 22.6 Å². The van der Waals surface area contributed by atoms with Crippen LogP contribution in [-0.2, 0) is 0 Å². The third-order valence-corrected chi connectivity index (χ3v) is 2.11. The fourth-order valence-corrected chi connectivity index (χ4v) is 1.18. The lowest BCUT2D eigenvalue weighted by Gasteiger charge is -2.04. The minimum Gasteiger partial charge on any atom is -0.477 e. The van der Waals surface area contributed by atoms with Crippen LogP contribution in [0.2, 0.25) is 0 Å². The number of nitrogens with zero attached hydrogens (tertiary/aromatic N) is 2. The highest BCUT2D eigenvalue weighted by molar-refractivity contribution is 14.1. The third-order valence-electron chi connectivity index (χ3n) is 1.37. The Labute approximate surface area is 85.7 Å². The fraction of sp³-hybridized carbons (Fsp3) is 0.500. The van der Waals surface area contributed by atoms with Crippen LogP contribution in [0.5, 0.6) is 5.88 Å². The van der Waals surface area contributed by atoms with Gasteiger partial charge in [-0.2, -0.15) is 0 Å². The fourth-order valence-electron chi connectivity index (χ4n) is 0.721. The van der Waals surface area contributed by atoms with Gasteiger partial charge in [0.1, 0.15) is 6.33 Å². The van der Waals surface area contributed by atoms with Crippen molar-refractivity contribution < 1.29 is 4.74 Å². The van der Waals surface area contributed by atoms with Gasteiger partial charge in [-0.25, -0.2) is 9.97 Å². The van der Waals surface area contributed by atoms with Gasteiger partial charge in [0.2, 0.25) is 5.88 Å². The van der Waals surface area contributed by atoms with Crippen molar-refractivity contribution in [1.29, 1.82) is 0 Å². The van der Waals surface area contributed by atoms with Crippen molar-refractivity contribution in [3.05, 3.63) is 16.1 Å². The number of aromatic nitrogens is 2. The number of halogens is 1. The van der Waals surface area contributed by atoms with Gasteiger partial charge in [-0.1, -0.05) is 13.3 Å². The molecule has 1 aromatic heterocycles. The summed E-state index contributed by atoms with van der Waals surface area (Å²) in [7, 11) is 0. The minimum absolute atomic E-state index is 0.694. The van der Waals surface area contributed by atoms with E-state index in [4.69, 9.17) is 4.74 Å². The Morgan fingerprint density at radius 3 is 3.08 bits per heavy atom. The van der Waals surface area contributed by atoms with E-state index in [-0.39, 0.29) is 0 Å². The molecule has 0 aliphatic rings. The van der Waals surface area contributed by atoms with Gasteiger partial charge < -0.3 is 4.74 Å². The van der Waals surface area contributed by atoms with Gasteiger partial charge in [-0.05, 0) is 29.0 Å². The highest BCUT2D eigenvalue weighted by Crippen LogP contribution is 2.14. The first-order chi connectivity index (χ1) is 5.84. The van der Waals surface area contributed by atoms with Crippen LogP contribution in [0.1, 0.15) is 19.8 Å². The number of hydrogen-bond donors (Lipinski definition) is 0. The SMILES string of the molecule is CCCCOc1ncncc1I. The van der Waals surface area contributed by atoms with Crippen LogP contribution in [0.25, 0.3) is 0 Å². The van der Waals surface area contributed by atoms with Crippen molar-refractivity contribution >= 4 is 22.6 Å². The highest BCUT2D eigenvalue weighted by Gasteiger charge is 1.99. The molecule has 0 aromatic carbocycles. The molecule has 0 unspecified atom stereocenters. The normalized spacial score (nSPS) is 9.83. The predicted molar refractivity (Wildman–Crippen MR) is 55.2 cm³/mol. The van der Waals surface area contributed by atoms with Crippen molar-refractivity contribution in [2.75, 3.05) is 6.61 Å². The molecule has 1 rings (SSSR count). The van der Waals surface area contributed by atoms with Crippen molar-refractivity contribution in [2.24, 2.45) is 0 Å². The van der Waals surface area contributed by atoms with Gasteiger partial charge >= 0.3 is 0 Å². The Balaban J connectivity index is 2.46. The summed E-state index contributed by atoms with van der Waals surface area (Å²) in [5.41, 5.74) is 0. The molecule has 0 saturated heterocycles. The molecule has 0 bridgehead atoms. The van der Waals surface area contributed by atoms with Gasteiger partial charge in [0, 0.05) is 6.20 Å². The summed E-state index contributed by atoms with van der Waals surface area (Å²) in [6.45, 7) is 2.87. The quantitative estimate of drug-likeness (QED) is 0.626. The third kappa shape index (κ3) is 2.92. The summed E-state index contributed by atoms with van der Waals surface area (Å²) >= 11 is 2.16. The molecule has 66 valence electrons. The molecular formula is C8H11IN2O. The largest absolute Gasteiger partial charge is 0.477 e. The Morgan fingerprint density at radius 1 is 1.58 bits per heavy atom. The monoisotopic (exact) mass is 278 g/mol. The van der Waals surface area contributed by atoms with E-state index in [9.17, 15) is 0 Å². The first-order valence-electron chi connectivity index (χ1n) is 3.93. The maximum atomic E-state index is 5.42. The second kappa shape index (κ2) is 5.29. The van der Waals surface area contributed by atoms with Crippen molar-refractivity contribution in [2.45, 2.75) is 19.8 Å². The van der Waals surface area contributed by atoms with Crippen LogP contribution in [0.15, 0.2) is 12.5 Å². The molecule has 0 aliphatic carbocycles. The smallest absolute Gasteiger partial charge is 0.230 e. The number of unbranched alkanes of at least 4 members (excludes halogenated alkanes) is 1. The number of ether oxygens (including phenoxy) is 1. The van der Waals surface area contributed by atoms with E-state index >= 15 is 0 Å². The molecule has 0 N–H and O–H groups in total. The summed E-state index contributed by atoms with van der Waals surface area (Å²) < 4.78 is 6.38. The topological polar surface area (TPSA) is 35.0 Å². The van der Waals surface area contributed by atoms with E-state index in [2.05, 4.69) is 39.5 Å². The van der Waals surface area contributed by atoms with E-state index < -0.39 is 0 Å². The Morgan fingerprint density at radius 2 is 2.42 bits per heavy atom. The summed E-state index contributed by atoms with van der Waals surface area (Å²) in [6, 6.07) is 0. The lowest BCUT2D eigenvalue weighted by molar-refractivity contribution is 0.295. The zero-order valence-electron chi connectivity index (χ0n) is 6.96. The highest BCUT2D eigenvalue weighted by atomic mass is 127. The molecule has 0 fully saturated rings. The molecule has 0 amide bonds. The standard InChI is InChI=1S/C8H11IN2O/c1-2-3-4-12-8-7(9)5-10-6-11-8/h5-6H,2-4H2,1H3. The van der Waals surface area contributed by atoms with E-state index in [1.807, 2.05) is 0 Å². The van der Waals surface area contributed by atoms with Gasteiger partial charge in [0.15, 0.2) is 0 Å². The molecule has 0 spiro atoms. The van der Waals surface area contributed by atoms with Crippen LogP contribution in [0.4, 0.5) is 0 Å². The van der Waals surface area contributed by atoms with E-state index in [1.165, 1.54) is 6.33 Å². The molecule has 4 heteroatoms. The average Bonchev–Trinajstić information content (AvgIpc) is 2.09. The Hall–Kier alpha value is -0.390. The lowest BCUT2D eigenvalue weighted by Crippen LogP contribution is -2.00. The molecule has 0 saturated carbocycles.